The Morgan fingerprint density at radius 1 is 1.15 bits per heavy atom. The Hall–Kier alpha value is -1.46. The molecular formula is C15H14BrF2NO. The number of rotatable bonds is 4. The van der Waals surface area contributed by atoms with Gasteiger partial charge >= 0.3 is 0 Å². The van der Waals surface area contributed by atoms with E-state index in [2.05, 4.69) is 21.2 Å². The fourth-order valence-corrected chi connectivity index (χ4v) is 2.33. The smallest absolute Gasteiger partial charge is 0.159 e. The van der Waals surface area contributed by atoms with Gasteiger partial charge in [0.25, 0.3) is 0 Å². The summed E-state index contributed by atoms with van der Waals surface area (Å²) in [5.41, 5.74) is 0.328. The fourth-order valence-electron chi connectivity index (χ4n) is 1.93. The lowest BCUT2D eigenvalue weighted by molar-refractivity contribution is 0.223. The molecule has 0 heterocycles. The van der Waals surface area contributed by atoms with Gasteiger partial charge in [0.05, 0.1) is 12.1 Å². The molecule has 2 aromatic carbocycles. The summed E-state index contributed by atoms with van der Waals surface area (Å²) in [5.74, 6) is -1.84. The maximum Gasteiger partial charge on any atom is 0.159 e. The minimum atomic E-state index is -0.932. The van der Waals surface area contributed by atoms with Gasteiger partial charge in [0.2, 0.25) is 0 Å². The van der Waals surface area contributed by atoms with Crippen LogP contribution in [0.15, 0.2) is 46.9 Å². The summed E-state index contributed by atoms with van der Waals surface area (Å²) in [6, 6.07) is 11.0. The fraction of sp³-hybridized carbons (Fsp3) is 0.200. The van der Waals surface area contributed by atoms with Crippen LogP contribution >= 0.6 is 15.9 Å². The zero-order valence-corrected chi connectivity index (χ0v) is 12.4. The van der Waals surface area contributed by atoms with E-state index in [1.54, 1.807) is 6.92 Å². The van der Waals surface area contributed by atoms with Gasteiger partial charge < -0.3 is 10.4 Å². The molecule has 0 saturated heterocycles. The summed E-state index contributed by atoms with van der Waals surface area (Å²) in [4.78, 5) is 0. The first-order valence-corrected chi connectivity index (χ1v) is 6.84. The highest BCUT2D eigenvalue weighted by Crippen LogP contribution is 2.28. The van der Waals surface area contributed by atoms with Crippen LogP contribution in [0.4, 0.5) is 14.5 Å². The molecule has 1 atom stereocenters. The highest BCUT2D eigenvalue weighted by molar-refractivity contribution is 9.10. The van der Waals surface area contributed by atoms with Crippen molar-refractivity contribution in [3.8, 4) is 0 Å². The third-order valence-corrected chi connectivity index (χ3v) is 3.61. The van der Waals surface area contributed by atoms with Gasteiger partial charge in [-0.15, -0.1) is 0 Å². The Morgan fingerprint density at radius 2 is 1.90 bits per heavy atom. The van der Waals surface area contributed by atoms with Crippen molar-refractivity contribution >= 4 is 21.6 Å². The van der Waals surface area contributed by atoms with Gasteiger partial charge in [0.1, 0.15) is 0 Å². The third-order valence-electron chi connectivity index (χ3n) is 3.12. The van der Waals surface area contributed by atoms with Crippen molar-refractivity contribution < 1.29 is 13.9 Å². The molecule has 106 valence electrons. The number of anilines is 1. The summed E-state index contributed by atoms with van der Waals surface area (Å²) in [6.45, 7) is 1.46. The molecule has 1 unspecified atom stereocenters. The third kappa shape index (κ3) is 3.16. The van der Waals surface area contributed by atoms with Crippen molar-refractivity contribution in [1.82, 2.24) is 0 Å². The number of aliphatic hydroxyl groups is 1. The molecule has 2 N–H and O–H groups in total. The van der Waals surface area contributed by atoms with Crippen LogP contribution in [-0.4, -0.2) is 11.7 Å². The first-order valence-electron chi connectivity index (χ1n) is 6.05. The number of nitrogens with one attached hydrogen (secondary N) is 1. The highest BCUT2D eigenvalue weighted by atomic mass is 79.9. The van der Waals surface area contributed by atoms with Gasteiger partial charge in [-0.25, -0.2) is 8.78 Å². The normalized spacial score (nSPS) is 13.8. The van der Waals surface area contributed by atoms with Gasteiger partial charge in [0, 0.05) is 10.2 Å². The van der Waals surface area contributed by atoms with Crippen LogP contribution in [-0.2, 0) is 5.54 Å². The van der Waals surface area contributed by atoms with E-state index in [0.717, 1.165) is 22.3 Å². The molecule has 0 fully saturated rings. The molecule has 2 rings (SSSR count). The molecule has 0 aliphatic heterocycles. The molecular weight excluding hydrogens is 328 g/mol. The Morgan fingerprint density at radius 3 is 2.50 bits per heavy atom. The average Bonchev–Trinajstić information content (AvgIpc) is 2.41. The monoisotopic (exact) mass is 341 g/mol. The molecule has 2 nitrogen and oxygen atoms in total. The Kier molecular flexibility index (Phi) is 4.40. The highest BCUT2D eigenvalue weighted by Gasteiger charge is 2.26. The van der Waals surface area contributed by atoms with Crippen molar-refractivity contribution in [2.75, 3.05) is 11.9 Å². The lowest BCUT2D eigenvalue weighted by Gasteiger charge is -2.30. The van der Waals surface area contributed by atoms with E-state index in [9.17, 15) is 13.9 Å². The molecule has 0 radical (unpaired) electrons. The van der Waals surface area contributed by atoms with Gasteiger partial charge in [-0.3, -0.25) is 0 Å². The van der Waals surface area contributed by atoms with E-state index < -0.39 is 17.2 Å². The first-order chi connectivity index (χ1) is 9.44. The van der Waals surface area contributed by atoms with Crippen LogP contribution in [0.1, 0.15) is 12.5 Å². The van der Waals surface area contributed by atoms with Gasteiger partial charge in [-0.05, 0) is 42.8 Å². The predicted molar refractivity (Wildman–Crippen MR) is 78.6 cm³/mol. The number of halogens is 3. The molecule has 0 bridgehead atoms. The minimum absolute atomic E-state index is 0.259. The van der Waals surface area contributed by atoms with Crippen molar-refractivity contribution in [3.63, 3.8) is 0 Å². The Balaban J connectivity index is 2.35. The molecule has 0 aliphatic rings. The number of aliphatic hydroxyl groups excluding tert-OH is 1. The van der Waals surface area contributed by atoms with Crippen molar-refractivity contribution in [2.24, 2.45) is 0 Å². The van der Waals surface area contributed by atoms with Crippen LogP contribution in [0.5, 0.6) is 0 Å². The minimum Gasteiger partial charge on any atom is -0.394 e. The van der Waals surface area contributed by atoms with Gasteiger partial charge in [-0.1, -0.05) is 28.1 Å². The molecule has 2 aromatic rings. The summed E-state index contributed by atoms with van der Waals surface area (Å²) in [5, 5.41) is 12.8. The van der Waals surface area contributed by atoms with E-state index in [0.29, 0.717) is 5.56 Å². The van der Waals surface area contributed by atoms with Crippen LogP contribution in [0, 0.1) is 11.6 Å². The molecule has 20 heavy (non-hydrogen) atoms. The number of hydrogen-bond acceptors (Lipinski definition) is 2. The second kappa shape index (κ2) is 5.89. The molecule has 0 aliphatic carbocycles. The van der Waals surface area contributed by atoms with E-state index >= 15 is 0 Å². The van der Waals surface area contributed by atoms with Crippen LogP contribution in [0.25, 0.3) is 0 Å². The topological polar surface area (TPSA) is 32.3 Å². The second-order valence-corrected chi connectivity index (χ2v) is 5.67. The van der Waals surface area contributed by atoms with Crippen LogP contribution in [0.2, 0.25) is 0 Å². The zero-order chi connectivity index (χ0) is 14.8. The Labute approximate surface area is 124 Å². The van der Waals surface area contributed by atoms with Crippen molar-refractivity contribution in [3.05, 3.63) is 64.1 Å². The van der Waals surface area contributed by atoms with Crippen LogP contribution < -0.4 is 5.32 Å². The first kappa shape index (κ1) is 14.9. The molecule has 5 heteroatoms. The van der Waals surface area contributed by atoms with E-state index in [1.165, 1.54) is 6.07 Å². The molecule has 0 saturated carbocycles. The van der Waals surface area contributed by atoms with Crippen molar-refractivity contribution in [1.29, 1.82) is 0 Å². The molecule has 0 aromatic heterocycles. The largest absolute Gasteiger partial charge is 0.394 e. The van der Waals surface area contributed by atoms with Gasteiger partial charge in [0.15, 0.2) is 11.6 Å². The van der Waals surface area contributed by atoms with Crippen LogP contribution in [0.3, 0.4) is 0 Å². The number of hydrogen-bond donors (Lipinski definition) is 2. The summed E-state index contributed by atoms with van der Waals surface area (Å²) < 4.78 is 27.2. The SMILES string of the molecule is CC(CO)(Nc1cccc(Br)c1)c1ccc(F)c(F)c1. The summed E-state index contributed by atoms with van der Waals surface area (Å²) >= 11 is 3.36. The molecule has 0 spiro atoms. The summed E-state index contributed by atoms with van der Waals surface area (Å²) in [6.07, 6.45) is 0. The second-order valence-electron chi connectivity index (χ2n) is 4.75. The maximum atomic E-state index is 13.4. The van der Waals surface area contributed by atoms with Crippen molar-refractivity contribution in [2.45, 2.75) is 12.5 Å². The van der Waals surface area contributed by atoms with E-state index in [1.807, 2.05) is 24.3 Å². The lowest BCUT2D eigenvalue weighted by atomic mass is 9.92. The summed E-state index contributed by atoms with van der Waals surface area (Å²) in [7, 11) is 0. The van der Waals surface area contributed by atoms with Gasteiger partial charge in [-0.2, -0.15) is 0 Å². The Bertz CT molecular complexity index is 621. The standard InChI is InChI=1S/C15H14BrF2NO/c1-15(9-20,10-5-6-13(17)14(18)7-10)19-12-4-2-3-11(16)8-12/h2-8,19-20H,9H2,1H3. The average molecular weight is 342 g/mol. The molecule has 0 amide bonds. The number of benzene rings is 2. The quantitative estimate of drug-likeness (QED) is 0.879. The van der Waals surface area contributed by atoms with E-state index in [4.69, 9.17) is 0 Å². The lowest BCUT2D eigenvalue weighted by Crippen LogP contribution is -2.36. The van der Waals surface area contributed by atoms with E-state index in [-0.39, 0.29) is 6.61 Å². The predicted octanol–water partition coefficient (Wildman–Crippen LogP) is 4.05. The zero-order valence-electron chi connectivity index (χ0n) is 10.8. The maximum absolute atomic E-state index is 13.4.